The number of hydrogen-bond acceptors (Lipinski definition) is 11. The van der Waals surface area contributed by atoms with Crippen LogP contribution < -0.4 is 10.6 Å². The van der Waals surface area contributed by atoms with Gasteiger partial charge in [0, 0.05) is 50.2 Å². The van der Waals surface area contributed by atoms with Crippen LogP contribution in [-0.2, 0) is 47.7 Å². The molecule has 0 saturated carbocycles. The first kappa shape index (κ1) is 69.2. The third kappa shape index (κ3) is 49.4. The molecule has 0 radical (unpaired) electrons. The molecular weight excluding hydrogens is 929 g/mol. The number of thioether (sulfide) groups is 1. The van der Waals surface area contributed by atoms with Crippen molar-refractivity contribution in [1.29, 1.82) is 0 Å². The van der Waals surface area contributed by atoms with Gasteiger partial charge in [-0.05, 0) is 73.6 Å². The van der Waals surface area contributed by atoms with Crippen LogP contribution in [0.25, 0.3) is 0 Å². The van der Waals surface area contributed by atoms with Gasteiger partial charge in [-0.1, -0.05) is 187 Å². The number of amides is 2. The molecular formula is C59H110N2O10S. The topological polar surface area (TPSA) is 163 Å². The maximum Gasteiger partial charge on any atom is 0.329 e. The lowest BCUT2D eigenvalue weighted by molar-refractivity contribution is -0.160. The second kappa shape index (κ2) is 46.7. The van der Waals surface area contributed by atoms with Gasteiger partial charge in [0.25, 0.3) is 0 Å². The maximum absolute atomic E-state index is 12.9. The van der Waals surface area contributed by atoms with E-state index < -0.39 is 35.3 Å². The Hall–Kier alpha value is -2.83. The van der Waals surface area contributed by atoms with Crippen molar-refractivity contribution in [1.82, 2.24) is 10.6 Å². The van der Waals surface area contributed by atoms with E-state index in [0.29, 0.717) is 43.7 Å². The molecule has 0 rings (SSSR count). The Labute approximate surface area is 445 Å². The van der Waals surface area contributed by atoms with Gasteiger partial charge in [0.2, 0.25) is 11.8 Å². The lowest BCUT2D eigenvalue weighted by atomic mass is 10.0. The number of nitrogens with one attached hydrogen (secondary N) is 2. The van der Waals surface area contributed by atoms with Crippen molar-refractivity contribution in [3.63, 3.8) is 0 Å². The highest BCUT2D eigenvalue weighted by Gasteiger charge is 2.28. The summed E-state index contributed by atoms with van der Waals surface area (Å²) in [5, 5.41) is 5.75. The molecule has 2 N–H and O–H groups in total. The minimum absolute atomic E-state index is 0.0216. The summed E-state index contributed by atoms with van der Waals surface area (Å²) in [6.45, 7) is 15.7. The molecule has 72 heavy (non-hydrogen) atoms. The summed E-state index contributed by atoms with van der Waals surface area (Å²) in [6, 6.07) is -0.942. The van der Waals surface area contributed by atoms with Gasteiger partial charge in [0.05, 0.1) is 0 Å². The molecule has 0 saturated heterocycles. The maximum atomic E-state index is 12.9. The van der Waals surface area contributed by atoms with E-state index in [1.807, 2.05) is 0 Å². The minimum atomic E-state index is -0.942. The van der Waals surface area contributed by atoms with E-state index in [2.05, 4.69) is 24.5 Å². The average Bonchev–Trinajstić information content (AvgIpc) is 3.30. The van der Waals surface area contributed by atoms with Gasteiger partial charge in [-0.2, -0.15) is 11.8 Å². The second-order valence-corrected chi connectivity index (χ2v) is 23.4. The summed E-state index contributed by atoms with van der Waals surface area (Å²) in [5.41, 5.74) is -1.38. The Morgan fingerprint density at radius 3 is 1.32 bits per heavy atom. The molecule has 0 fully saturated rings. The molecule has 0 aromatic carbocycles. The van der Waals surface area contributed by atoms with Crippen molar-refractivity contribution in [2.45, 2.75) is 316 Å². The number of ether oxygens (including phenoxy) is 4. The van der Waals surface area contributed by atoms with Crippen LogP contribution in [0.1, 0.15) is 293 Å². The Morgan fingerprint density at radius 2 is 0.861 bits per heavy atom. The normalized spacial score (nSPS) is 12.5. The van der Waals surface area contributed by atoms with E-state index in [1.54, 1.807) is 41.5 Å². The number of carbonyl (C=O) groups is 6. The molecule has 0 aliphatic heterocycles. The molecule has 0 spiro atoms. The molecule has 12 nitrogen and oxygen atoms in total. The molecule has 0 aliphatic rings. The van der Waals surface area contributed by atoms with E-state index in [4.69, 9.17) is 18.9 Å². The Balaban J connectivity index is 4.59. The van der Waals surface area contributed by atoms with Crippen molar-refractivity contribution in [3.05, 3.63) is 0 Å². The lowest BCUT2D eigenvalue weighted by Crippen LogP contribution is -2.44. The molecule has 13 heteroatoms. The predicted octanol–water partition coefficient (Wildman–Crippen LogP) is 14.9. The van der Waals surface area contributed by atoms with Crippen molar-refractivity contribution in [2.24, 2.45) is 0 Å². The van der Waals surface area contributed by atoms with Crippen LogP contribution in [0.4, 0.5) is 0 Å². The third-order valence-electron chi connectivity index (χ3n) is 12.5. The van der Waals surface area contributed by atoms with Crippen LogP contribution >= 0.6 is 11.8 Å². The number of rotatable bonds is 49. The molecule has 2 amide bonds. The molecule has 0 aromatic heterocycles. The zero-order valence-electron chi connectivity index (χ0n) is 47.6. The van der Waals surface area contributed by atoms with Crippen molar-refractivity contribution >= 4 is 47.5 Å². The van der Waals surface area contributed by atoms with Crippen LogP contribution in [0.15, 0.2) is 0 Å². The monoisotopic (exact) mass is 1040 g/mol. The van der Waals surface area contributed by atoms with Crippen LogP contribution in [0, 0.1) is 0 Å². The van der Waals surface area contributed by atoms with Crippen molar-refractivity contribution in [3.8, 4) is 0 Å². The van der Waals surface area contributed by atoms with E-state index in [-0.39, 0.29) is 49.6 Å². The van der Waals surface area contributed by atoms with Crippen LogP contribution in [0.5, 0.6) is 0 Å². The first-order valence-corrected chi connectivity index (χ1v) is 30.5. The fraction of sp³-hybridized carbons (Fsp3) is 0.898. The smallest absolute Gasteiger partial charge is 0.329 e. The van der Waals surface area contributed by atoms with Gasteiger partial charge in [-0.3, -0.25) is 24.0 Å². The van der Waals surface area contributed by atoms with E-state index in [1.165, 1.54) is 140 Å². The molecule has 0 aromatic rings. The van der Waals surface area contributed by atoms with Crippen LogP contribution in [0.3, 0.4) is 0 Å². The molecule has 0 heterocycles. The third-order valence-corrected chi connectivity index (χ3v) is 13.6. The number of carbonyl (C=O) groups excluding carboxylic acids is 6. The van der Waals surface area contributed by atoms with E-state index in [0.717, 1.165) is 64.2 Å². The van der Waals surface area contributed by atoms with Gasteiger partial charge in [-0.25, -0.2) is 4.79 Å². The van der Waals surface area contributed by atoms with E-state index >= 15 is 0 Å². The lowest BCUT2D eigenvalue weighted by Gasteiger charge is -2.25. The van der Waals surface area contributed by atoms with Gasteiger partial charge in [0.15, 0.2) is 0 Å². The summed E-state index contributed by atoms with van der Waals surface area (Å²) in [6.07, 6.45) is 37.2. The molecule has 0 bridgehead atoms. The summed E-state index contributed by atoms with van der Waals surface area (Å²) < 4.78 is 22.3. The summed E-state index contributed by atoms with van der Waals surface area (Å²) in [4.78, 5) is 76.1. The minimum Gasteiger partial charge on any atom is -0.462 e. The highest BCUT2D eigenvalue weighted by atomic mass is 32.2. The largest absolute Gasteiger partial charge is 0.462 e. The first-order chi connectivity index (χ1) is 34.5. The van der Waals surface area contributed by atoms with Gasteiger partial charge < -0.3 is 29.6 Å². The highest BCUT2D eigenvalue weighted by molar-refractivity contribution is 7.99. The predicted molar refractivity (Wildman–Crippen MR) is 297 cm³/mol. The molecule has 2 atom stereocenters. The highest BCUT2D eigenvalue weighted by Crippen LogP contribution is 2.18. The molecule has 422 valence electrons. The number of hydrogen-bond donors (Lipinski definition) is 2. The van der Waals surface area contributed by atoms with Crippen LogP contribution in [-0.4, -0.2) is 83.7 Å². The summed E-state index contributed by atoms with van der Waals surface area (Å²) >= 11 is 1.53. The van der Waals surface area contributed by atoms with E-state index in [9.17, 15) is 28.8 Å². The summed E-state index contributed by atoms with van der Waals surface area (Å²) in [5.74, 6) is -0.808. The zero-order chi connectivity index (χ0) is 53.6. The van der Waals surface area contributed by atoms with Gasteiger partial charge in [0.1, 0.15) is 30.0 Å². The first-order valence-electron chi connectivity index (χ1n) is 29.4. The Bertz CT molecular complexity index is 1380. The van der Waals surface area contributed by atoms with Crippen molar-refractivity contribution in [2.75, 3.05) is 24.7 Å². The quantitative estimate of drug-likeness (QED) is 0.0339. The number of unbranched alkanes of at least 4 members (excludes halogenated alkanes) is 28. The zero-order valence-corrected chi connectivity index (χ0v) is 48.5. The summed E-state index contributed by atoms with van der Waals surface area (Å²) in [7, 11) is 0. The van der Waals surface area contributed by atoms with Crippen molar-refractivity contribution < 1.29 is 47.7 Å². The average molecular weight is 1040 g/mol. The van der Waals surface area contributed by atoms with Gasteiger partial charge >= 0.3 is 23.9 Å². The SMILES string of the molecule is CCCCCCCCCCCCCCCC(=O)OCC(CSCCC(=O)NCCCCCCCC(=O)NC(CCC(=O)OC(C)(C)C)C(=O)OC(C)(C)C)OC(=O)CCCCCCCCCCCCCCC. The fourth-order valence-electron chi connectivity index (χ4n) is 8.37. The Kier molecular flexibility index (Phi) is 44.8. The second-order valence-electron chi connectivity index (χ2n) is 22.3. The van der Waals surface area contributed by atoms with Crippen LogP contribution in [0.2, 0.25) is 0 Å². The molecule has 0 aliphatic carbocycles. The molecule has 2 unspecified atom stereocenters. The number of esters is 4. The standard InChI is InChI=1S/C59H110N2O10S/c1-9-11-13-15-17-19-21-23-25-27-29-33-37-41-54(64)68-48-50(69-55(65)42-38-34-30-28-26-24-22-20-18-16-14-12-10-2)49-72-47-45-52(62)60-46-39-35-31-32-36-40-53(63)61-51(57(67)71-59(6,7)8)43-44-56(66)70-58(3,4)5/h50-51H,9-49H2,1-8H3,(H,60,62)(H,61,63). The fourth-order valence-corrected chi connectivity index (χ4v) is 9.30. The Morgan fingerprint density at radius 1 is 0.444 bits per heavy atom. The van der Waals surface area contributed by atoms with Gasteiger partial charge in [-0.15, -0.1) is 0 Å².